The summed E-state index contributed by atoms with van der Waals surface area (Å²) < 4.78 is 13.2. The summed E-state index contributed by atoms with van der Waals surface area (Å²) in [7, 11) is 0. The highest BCUT2D eigenvalue weighted by atomic mass is 19.1. The van der Waals surface area contributed by atoms with Crippen LogP contribution < -0.4 is 11.1 Å². The van der Waals surface area contributed by atoms with E-state index in [1.165, 1.54) is 11.6 Å². The number of anilines is 1. The number of hydrogen-bond acceptors (Lipinski definition) is 2. The molecule has 0 fully saturated rings. The molecule has 0 aliphatic carbocycles. The Balaban J connectivity index is 2.09. The molecule has 0 radical (unpaired) electrons. The van der Waals surface area contributed by atoms with E-state index in [-0.39, 0.29) is 5.82 Å². The van der Waals surface area contributed by atoms with Gasteiger partial charge in [0.25, 0.3) is 0 Å². The fourth-order valence-corrected chi connectivity index (χ4v) is 1.89. The Kier molecular flexibility index (Phi) is 4.31. The molecule has 0 atom stereocenters. The van der Waals surface area contributed by atoms with Gasteiger partial charge in [0.2, 0.25) is 0 Å². The third-order valence-corrected chi connectivity index (χ3v) is 2.81. The van der Waals surface area contributed by atoms with Crippen LogP contribution in [-0.4, -0.2) is 6.54 Å². The predicted octanol–water partition coefficient (Wildman–Crippen LogP) is 2.94. The van der Waals surface area contributed by atoms with Gasteiger partial charge in [-0.2, -0.15) is 0 Å². The third kappa shape index (κ3) is 3.31. The number of nitrogens with one attached hydrogen (secondary N) is 1. The Hall–Kier alpha value is -1.87. The molecule has 2 nitrogen and oxygen atoms in total. The normalized spacial score (nSPS) is 10.3. The molecule has 3 N–H and O–H groups in total. The zero-order valence-corrected chi connectivity index (χ0v) is 10.2. The monoisotopic (exact) mass is 244 g/mol. The van der Waals surface area contributed by atoms with E-state index in [2.05, 4.69) is 17.4 Å². The number of nitrogens with two attached hydrogens (primary N) is 1. The fraction of sp³-hybridized carbons (Fsp3) is 0.200. The van der Waals surface area contributed by atoms with Crippen molar-refractivity contribution in [1.29, 1.82) is 0 Å². The van der Waals surface area contributed by atoms with Crippen molar-refractivity contribution in [2.75, 3.05) is 11.9 Å². The third-order valence-electron chi connectivity index (χ3n) is 2.81. The lowest BCUT2D eigenvalue weighted by Gasteiger charge is -2.11. The lowest BCUT2D eigenvalue weighted by atomic mass is 10.1. The Morgan fingerprint density at radius 3 is 2.56 bits per heavy atom. The summed E-state index contributed by atoms with van der Waals surface area (Å²) in [5.74, 6) is -0.219. The maximum atomic E-state index is 13.2. The Morgan fingerprint density at radius 1 is 1.06 bits per heavy atom. The van der Waals surface area contributed by atoms with E-state index in [1.807, 2.05) is 18.2 Å². The van der Waals surface area contributed by atoms with Crippen LogP contribution in [0.15, 0.2) is 48.5 Å². The largest absolute Gasteiger partial charge is 0.381 e. The number of halogens is 1. The molecular formula is C15H17FN2. The first-order valence-electron chi connectivity index (χ1n) is 6.06. The van der Waals surface area contributed by atoms with Crippen molar-refractivity contribution >= 4 is 5.69 Å². The summed E-state index contributed by atoms with van der Waals surface area (Å²) in [4.78, 5) is 0. The van der Waals surface area contributed by atoms with Crippen LogP contribution in [0.25, 0.3) is 0 Å². The molecule has 0 unspecified atom stereocenters. The molecule has 0 aliphatic rings. The maximum Gasteiger partial charge on any atom is 0.123 e. The van der Waals surface area contributed by atoms with Gasteiger partial charge in [-0.3, -0.25) is 0 Å². The molecule has 0 saturated carbocycles. The second kappa shape index (κ2) is 6.17. The highest BCUT2D eigenvalue weighted by molar-refractivity contribution is 5.51. The van der Waals surface area contributed by atoms with Gasteiger partial charge in [0.1, 0.15) is 5.82 Å². The SMILES string of the molecule is NCCc1cc(F)ccc1NCc1ccccc1. The van der Waals surface area contributed by atoms with E-state index in [0.29, 0.717) is 13.0 Å². The molecule has 2 aromatic carbocycles. The highest BCUT2D eigenvalue weighted by Crippen LogP contribution is 2.18. The minimum Gasteiger partial charge on any atom is -0.381 e. The molecule has 0 bridgehead atoms. The van der Waals surface area contributed by atoms with Gasteiger partial charge >= 0.3 is 0 Å². The molecule has 2 aromatic rings. The Bertz CT molecular complexity index is 497. The average Bonchev–Trinajstić information content (AvgIpc) is 2.39. The molecule has 0 aromatic heterocycles. The van der Waals surface area contributed by atoms with Crippen LogP contribution in [-0.2, 0) is 13.0 Å². The lowest BCUT2D eigenvalue weighted by molar-refractivity contribution is 0.625. The van der Waals surface area contributed by atoms with E-state index in [9.17, 15) is 4.39 Å². The zero-order valence-electron chi connectivity index (χ0n) is 10.2. The summed E-state index contributed by atoms with van der Waals surface area (Å²) in [5.41, 5.74) is 8.61. The van der Waals surface area contributed by atoms with Gasteiger partial charge in [0, 0.05) is 12.2 Å². The molecule has 0 heterocycles. The molecule has 0 amide bonds. The van der Waals surface area contributed by atoms with Gasteiger partial charge in [-0.05, 0) is 42.3 Å². The van der Waals surface area contributed by atoms with Crippen LogP contribution in [0.1, 0.15) is 11.1 Å². The van der Waals surface area contributed by atoms with Crippen molar-refractivity contribution in [3.63, 3.8) is 0 Å². The predicted molar refractivity (Wildman–Crippen MR) is 72.9 cm³/mol. The lowest BCUT2D eigenvalue weighted by Crippen LogP contribution is -2.07. The van der Waals surface area contributed by atoms with Crippen molar-refractivity contribution in [3.05, 3.63) is 65.5 Å². The van der Waals surface area contributed by atoms with Gasteiger partial charge in [-0.15, -0.1) is 0 Å². The van der Waals surface area contributed by atoms with Crippen molar-refractivity contribution in [2.24, 2.45) is 5.73 Å². The van der Waals surface area contributed by atoms with E-state index in [1.54, 1.807) is 12.1 Å². The zero-order chi connectivity index (χ0) is 12.8. The summed E-state index contributed by atoms with van der Waals surface area (Å²) in [6.07, 6.45) is 0.675. The van der Waals surface area contributed by atoms with Gasteiger partial charge in [0.15, 0.2) is 0 Å². The van der Waals surface area contributed by atoms with E-state index >= 15 is 0 Å². The van der Waals surface area contributed by atoms with Gasteiger partial charge < -0.3 is 11.1 Å². The molecule has 0 saturated heterocycles. The minimum absolute atomic E-state index is 0.219. The standard InChI is InChI=1S/C15H17FN2/c16-14-6-7-15(13(10-14)8-9-17)18-11-12-4-2-1-3-5-12/h1-7,10,18H,8-9,11,17H2. The van der Waals surface area contributed by atoms with Crippen molar-refractivity contribution in [3.8, 4) is 0 Å². The van der Waals surface area contributed by atoms with Crippen LogP contribution >= 0.6 is 0 Å². The second-order valence-corrected chi connectivity index (χ2v) is 4.18. The van der Waals surface area contributed by atoms with Crippen LogP contribution in [0, 0.1) is 5.82 Å². The summed E-state index contributed by atoms with van der Waals surface area (Å²) in [6.45, 7) is 1.24. The van der Waals surface area contributed by atoms with E-state index in [4.69, 9.17) is 5.73 Å². The molecule has 94 valence electrons. The quantitative estimate of drug-likeness (QED) is 0.848. The number of benzene rings is 2. The first kappa shape index (κ1) is 12.6. The van der Waals surface area contributed by atoms with Crippen LogP contribution in [0.2, 0.25) is 0 Å². The summed E-state index contributed by atoms with van der Waals surface area (Å²) >= 11 is 0. The van der Waals surface area contributed by atoms with Crippen LogP contribution in [0.3, 0.4) is 0 Å². The molecule has 3 heteroatoms. The minimum atomic E-state index is -0.219. The van der Waals surface area contributed by atoms with Crippen LogP contribution in [0.5, 0.6) is 0 Å². The highest BCUT2D eigenvalue weighted by Gasteiger charge is 2.03. The topological polar surface area (TPSA) is 38.0 Å². The van der Waals surface area contributed by atoms with Crippen molar-refractivity contribution in [1.82, 2.24) is 0 Å². The van der Waals surface area contributed by atoms with Crippen molar-refractivity contribution < 1.29 is 4.39 Å². The van der Waals surface area contributed by atoms with Gasteiger partial charge in [-0.25, -0.2) is 4.39 Å². The number of rotatable bonds is 5. The summed E-state index contributed by atoms with van der Waals surface area (Å²) in [6, 6.07) is 14.9. The Morgan fingerprint density at radius 2 is 1.83 bits per heavy atom. The first-order chi connectivity index (χ1) is 8.79. The summed E-state index contributed by atoms with van der Waals surface area (Å²) in [5, 5.41) is 3.32. The first-order valence-corrected chi connectivity index (χ1v) is 6.06. The molecule has 0 aliphatic heterocycles. The van der Waals surface area contributed by atoms with Gasteiger partial charge in [-0.1, -0.05) is 30.3 Å². The molecule has 2 rings (SSSR count). The van der Waals surface area contributed by atoms with E-state index < -0.39 is 0 Å². The smallest absolute Gasteiger partial charge is 0.123 e. The van der Waals surface area contributed by atoms with Crippen molar-refractivity contribution in [2.45, 2.75) is 13.0 Å². The molecular weight excluding hydrogens is 227 g/mol. The molecule has 0 spiro atoms. The van der Waals surface area contributed by atoms with Gasteiger partial charge in [0.05, 0.1) is 0 Å². The molecule has 18 heavy (non-hydrogen) atoms. The van der Waals surface area contributed by atoms with E-state index in [0.717, 1.165) is 17.8 Å². The fourth-order valence-electron chi connectivity index (χ4n) is 1.89. The van der Waals surface area contributed by atoms with Crippen LogP contribution in [0.4, 0.5) is 10.1 Å². The average molecular weight is 244 g/mol. The maximum absolute atomic E-state index is 13.2. The second-order valence-electron chi connectivity index (χ2n) is 4.18. The Labute approximate surface area is 107 Å². The number of hydrogen-bond donors (Lipinski definition) is 2.